The second-order valence-electron chi connectivity index (χ2n) is 7.54. The Morgan fingerprint density at radius 2 is 2.04 bits per heavy atom. The highest BCUT2D eigenvalue weighted by atomic mass is 16.5. The molecular weight excluding hydrogens is 288 g/mol. The zero-order valence-corrected chi connectivity index (χ0v) is 13.6. The third-order valence-corrected chi connectivity index (χ3v) is 5.25. The van der Waals surface area contributed by atoms with Gasteiger partial charge < -0.3 is 4.90 Å². The molecule has 1 aliphatic carbocycles. The maximum atomic E-state index is 12.7. The number of fused-ring (bicyclic) bond motifs is 4. The molecule has 23 heavy (non-hydrogen) atoms. The topological polar surface area (TPSA) is 52.6 Å². The van der Waals surface area contributed by atoms with E-state index < -0.39 is 0 Å². The van der Waals surface area contributed by atoms with E-state index in [9.17, 15) is 10.0 Å². The van der Waals surface area contributed by atoms with Gasteiger partial charge >= 0.3 is 0 Å². The minimum Gasteiger partial charge on any atom is -0.363 e. The number of carbonyl (C=O) groups excluding carboxylic acids is 1. The minimum atomic E-state index is -0.0324. The van der Waals surface area contributed by atoms with Gasteiger partial charge in [-0.2, -0.15) is 0 Å². The number of nitrogens with one attached hydrogen (secondary N) is 1. The van der Waals surface area contributed by atoms with Crippen molar-refractivity contribution in [2.24, 2.45) is 5.41 Å². The monoisotopic (exact) mass is 310 g/mol. The first kappa shape index (κ1) is 14.5. The lowest BCUT2D eigenvalue weighted by Gasteiger charge is -2.46. The Balaban J connectivity index is 1.86. The lowest BCUT2D eigenvalue weighted by atomic mass is 9.72. The van der Waals surface area contributed by atoms with Crippen LogP contribution in [-0.2, 0) is 11.2 Å². The molecule has 3 aliphatic rings. The minimum absolute atomic E-state index is 0.0324. The van der Waals surface area contributed by atoms with Gasteiger partial charge in [0.15, 0.2) is 5.78 Å². The van der Waals surface area contributed by atoms with E-state index in [-0.39, 0.29) is 17.2 Å². The van der Waals surface area contributed by atoms with Crippen molar-refractivity contribution in [3.8, 4) is 0 Å². The van der Waals surface area contributed by atoms with Crippen molar-refractivity contribution in [1.29, 1.82) is 0 Å². The molecular formula is C19H22N2O2. The van der Waals surface area contributed by atoms with E-state index >= 15 is 0 Å². The van der Waals surface area contributed by atoms with Gasteiger partial charge in [0.2, 0.25) is 0 Å². The summed E-state index contributed by atoms with van der Waals surface area (Å²) in [4.78, 5) is 15.0. The van der Waals surface area contributed by atoms with E-state index in [2.05, 4.69) is 48.5 Å². The summed E-state index contributed by atoms with van der Waals surface area (Å²) in [5, 5.41) is 9.59. The van der Waals surface area contributed by atoms with E-state index in [0.717, 1.165) is 25.1 Å². The van der Waals surface area contributed by atoms with E-state index in [0.29, 0.717) is 17.7 Å². The molecule has 2 heterocycles. The van der Waals surface area contributed by atoms with Crippen LogP contribution in [0.2, 0.25) is 0 Å². The van der Waals surface area contributed by atoms with Crippen molar-refractivity contribution in [3.63, 3.8) is 0 Å². The summed E-state index contributed by atoms with van der Waals surface area (Å²) < 4.78 is 0. The quantitative estimate of drug-likeness (QED) is 0.783. The number of rotatable bonds is 1. The number of hydrogen-bond donors (Lipinski definition) is 2. The number of hydrogen-bond acceptors (Lipinski definition) is 4. The van der Waals surface area contributed by atoms with Gasteiger partial charge in [-0.05, 0) is 35.5 Å². The molecule has 0 saturated heterocycles. The van der Waals surface area contributed by atoms with Crippen molar-refractivity contribution in [1.82, 2.24) is 10.4 Å². The van der Waals surface area contributed by atoms with Crippen LogP contribution in [-0.4, -0.2) is 22.4 Å². The number of benzene rings is 1. The van der Waals surface area contributed by atoms with E-state index in [1.54, 1.807) is 0 Å². The average Bonchev–Trinajstić information content (AvgIpc) is 2.52. The van der Waals surface area contributed by atoms with Crippen molar-refractivity contribution >= 4 is 5.78 Å². The fraction of sp³-hybridized carbons (Fsp3) is 0.421. The Bertz CT molecular complexity index is 745. The van der Waals surface area contributed by atoms with Gasteiger partial charge in [-0.25, -0.2) is 0 Å². The Labute approximate surface area is 136 Å². The lowest BCUT2D eigenvalue weighted by molar-refractivity contribution is -0.118. The van der Waals surface area contributed by atoms with Crippen molar-refractivity contribution in [3.05, 3.63) is 58.4 Å². The molecule has 4 nitrogen and oxygen atoms in total. The Morgan fingerprint density at radius 1 is 1.26 bits per heavy atom. The summed E-state index contributed by atoms with van der Waals surface area (Å²) in [7, 11) is 0. The largest absolute Gasteiger partial charge is 0.363 e. The van der Waals surface area contributed by atoms with E-state index in [4.69, 9.17) is 0 Å². The van der Waals surface area contributed by atoms with Gasteiger partial charge in [0.25, 0.3) is 0 Å². The summed E-state index contributed by atoms with van der Waals surface area (Å²) in [6, 6.07) is 8.55. The molecule has 120 valence electrons. The zero-order chi connectivity index (χ0) is 16.2. The van der Waals surface area contributed by atoms with E-state index in [1.165, 1.54) is 11.1 Å². The first-order chi connectivity index (χ1) is 11.0. The molecule has 0 unspecified atom stereocenters. The normalized spacial score (nSPS) is 25.3. The van der Waals surface area contributed by atoms with Crippen LogP contribution in [0.4, 0.5) is 0 Å². The van der Waals surface area contributed by atoms with Crippen molar-refractivity contribution in [2.45, 2.75) is 39.2 Å². The summed E-state index contributed by atoms with van der Waals surface area (Å²) in [5.41, 5.74) is 7.21. The number of allylic oxidation sites excluding steroid dienone is 2. The van der Waals surface area contributed by atoms with Crippen LogP contribution in [0.3, 0.4) is 0 Å². The van der Waals surface area contributed by atoms with Crippen molar-refractivity contribution < 1.29 is 10.0 Å². The van der Waals surface area contributed by atoms with Crippen LogP contribution in [0.5, 0.6) is 0 Å². The SMILES string of the molecule is CC1(C)CC(=O)C2=C(C1)N1CCc3ccccc3[C@@H]1C=C2NO. The first-order valence-electron chi connectivity index (χ1n) is 8.23. The third kappa shape index (κ3) is 2.20. The van der Waals surface area contributed by atoms with Crippen LogP contribution < -0.4 is 5.48 Å². The summed E-state index contributed by atoms with van der Waals surface area (Å²) in [5.74, 6) is 0.126. The Hall–Kier alpha value is -2.07. The molecule has 2 aliphatic heterocycles. The standard InChI is InChI=1S/C19H22N2O2/c1-19(2)10-16-18(17(22)11-19)14(20-23)9-15-13-6-4-3-5-12(13)7-8-21(15)16/h3-6,9,15,20,23H,7-8,10-11H2,1-2H3/t15-/m0/s1. The molecule has 4 heteroatoms. The second kappa shape index (κ2) is 4.96. The fourth-order valence-corrected chi connectivity index (χ4v) is 4.25. The maximum Gasteiger partial charge on any atom is 0.167 e. The molecule has 0 bridgehead atoms. The number of Topliss-reactive ketones (excluding diaryl/α,β-unsaturated/α-hetero) is 1. The number of hydroxylamine groups is 1. The van der Waals surface area contributed by atoms with Crippen LogP contribution in [0, 0.1) is 5.41 Å². The summed E-state index contributed by atoms with van der Waals surface area (Å²) in [6.45, 7) is 5.21. The Kier molecular flexibility index (Phi) is 3.13. The molecule has 4 rings (SSSR count). The molecule has 2 N–H and O–H groups in total. The predicted molar refractivity (Wildman–Crippen MR) is 87.6 cm³/mol. The first-order valence-corrected chi connectivity index (χ1v) is 8.23. The molecule has 0 spiro atoms. The average molecular weight is 310 g/mol. The number of carbonyl (C=O) groups is 1. The summed E-state index contributed by atoms with van der Waals surface area (Å²) >= 11 is 0. The van der Waals surface area contributed by atoms with Gasteiger partial charge in [0, 0.05) is 18.7 Å². The van der Waals surface area contributed by atoms with Crippen LogP contribution in [0.1, 0.15) is 43.9 Å². The van der Waals surface area contributed by atoms with Crippen LogP contribution >= 0.6 is 0 Å². The van der Waals surface area contributed by atoms with Crippen molar-refractivity contribution in [2.75, 3.05) is 6.54 Å². The Morgan fingerprint density at radius 3 is 2.83 bits per heavy atom. The van der Waals surface area contributed by atoms with Gasteiger partial charge in [-0.1, -0.05) is 38.1 Å². The van der Waals surface area contributed by atoms with E-state index in [1.807, 2.05) is 6.08 Å². The van der Waals surface area contributed by atoms with Gasteiger partial charge in [-0.15, -0.1) is 0 Å². The highest BCUT2D eigenvalue weighted by molar-refractivity contribution is 6.01. The second-order valence-corrected chi connectivity index (χ2v) is 7.54. The molecule has 0 aromatic heterocycles. The van der Waals surface area contributed by atoms with Gasteiger partial charge in [0.05, 0.1) is 17.3 Å². The fourth-order valence-electron chi connectivity index (χ4n) is 4.25. The molecule has 1 aromatic carbocycles. The zero-order valence-electron chi connectivity index (χ0n) is 13.6. The lowest BCUT2D eigenvalue weighted by Crippen LogP contribution is -2.43. The number of ketones is 1. The highest BCUT2D eigenvalue weighted by Crippen LogP contribution is 2.47. The predicted octanol–water partition coefficient (Wildman–Crippen LogP) is 3.11. The third-order valence-electron chi connectivity index (χ3n) is 5.25. The van der Waals surface area contributed by atoms with Crippen LogP contribution in [0.25, 0.3) is 0 Å². The van der Waals surface area contributed by atoms with Crippen LogP contribution in [0.15, 0.2) is 47.3 Å². The molecule has 0 amide bonds. The summed E-state index contributed by atoms with van der Waals surface area (Å²) in [6.07, 6.45) is 4.38. The van der Waals surface area contributed by atoms with Gasteiger partial charge in [0.1, 0.15) is 0 Å². The highest BCUT2D eigenvalue weighted by Gasteiger charge is 2.42. The molecule has 0 saturated carbocycles. The maximum absolute atomic E-state index is 12.7. The van der Waals surface area contributed by atoms with Gasteiger partial charge in [-0.3, -0.25) is 15.5 Å². The molecule has 1 aromatic rings. The molecule has 1 atom stereocenters. The molecule has 0 radical (unpaired) electrons. The molecule has 0 fully saturated rings. The smallest absolute Gasteiger partial charge is 0.167 e. The number of nitrogens with zero attached hydrogens (tertiary/aromatic N) is 1.